The largest absolute Gasteiger partial charge is 0.346 e. The van der Waals surface area contributed by atoms with Gasteiger partial charge in [0.1, 0.15) is 5.82 Å². The molecular formula is C16H25FN2O3S. The molecule has 0 atom stereocenters. The van der Waals surface area contributed by atoms with E-state index in [1.165, 1.54) is 16.4 Å². The van der Waals surface area contributed by atoms with Gasteiger partial charge in [-0.15, -0.1) is 0 Å². The number of hydrogen-bond acceptors (Lipinski definition) is 3. The normalized spacial score (nSPS) is 11.7. The first kappa shape index (κ1) is 19.6. The summed E-state index contributed by atoms with van der Waals surface area (Å²) in [5, 5.41) is 0. The van der Waals surface area contributed by atoms with Crippen LogP contribution < -0.4 is 0 Å². The number of unbranched alkanes of at least 4 members (excludes halogenated alkanes) is 1. The highest BCUT2D eigenvalue weighted by molar-refractivity contribution is 7.88. The standard InChI is InChI=1S/C16H25FN2O3S/c1-4-5-11-18(2)16(20)10-12-19(23(3,21)22)13-14-6-8-15(17)9-7-14/h6-9H,4-5,10-13H2,1-3H3. The van der Waals surface area contributed by atoms with Crippen LogP contribution in [0.25, 0.3) is 0 Å². The molecule has 0 heterocycles. The third-order valence-corrected chi connectivity index (χ3v) is 4.84. The van der Waals surface area contributed by atoms with Gasteiger partial charge in [0.15, 0.2) is 0 Å². The summed E-state index contributed by atoms with van der Waals surface area (Å²) in [4.78, 5) is 13.7. The van der Waals surface area contributed by atoms with Crippen LogP contribution in [-0.4, -0.2) is 49.9 Å². The van der Waals surface area contributed by atoms with Gasteiger partial charge in [0, 0.05) is 33.1 Å². The lowest BCUT2D eigenvalue weighted by Gasteiger charge is -2.22. The molecule has 1 amide bonds. The quantitative estimate of drug-likeness (QED) is 0.690. The molecule has 0 spiro atoms. The topological polar surface area (TPSA) is 57.7 Å². The fourth-order valence-corrected chi connectivity index (χ4v) is 2.89. The van der Waals surface area contributed by atoms with Crippen molar-refractivity contribution in [2.75, 3.05) is 26.4 Å². The smallest absolute Gasteiger partial charge is 0.223 e. The molecule has 0 unspecified atom stereocenters. The van der Waals surface area contributed by atoms with Crippen molar-refractivity contribution in [2.24, 2.45) is 0 Å². The number of sulfonamides is 1. The van der Waals surface area contributed by atoms with E-state index < -0.39 is 10.0 Å². The van der Waals surface area contributed by atoms with E-state index >= 15 is 0 Å². The average Bonchev–Trinajstić information content (AvgIpc) is 2.49. The van der Waals surface area contributed by atoms with Crippen molar-refractivity contribution in [3.05, 3.63) is 35.6 Å². The maximum Gasteiger partial charge on any atom is 0.223 e. The first-order chi connectivity index (χ1) is 10.7. The third-order valence-electron chi connectivity index (χ3n) is 3.59. The van der Waals surface area contributed by atoms with Crippen LogP contribution in [0.4, 0.5) is 4.39 Å². The van der Waals surface area contributed by atoms with Crippen LogP contribution >= 0.6 is 0 Å². The molecule has 0 aliphatic rings. The van der Waals surface area contributed by atoms with Crippen molar-refractivity contribution in [2.45, 2.75) is 32.7 Å². The van der Waals surface area contributed by atoms with E-state index in [9.17, 15) is 17.6 Å². The van der Waals surface area contributed by atoms with E-state index in [4.69, 9.17) is 0 Å². The molecule has 0 fully saturated rings. The summed E-state index contributed by atoms with van der Waals surface area (Å²) in [5.41, 5.74) is 0.684. The number of nitrogens with zero attached hydrogens (tertiary/aromatic N) is 2. The van der Waals surface area contributed by atoms with Gasteiger partial charge in [-0.2, -0.15) is 4.31 Å². The summed E-state index contributed by atoms with van der Waals surface area (Å²) in [6.07, 6.45) is 3.17. The van der Waals surface area contributed by atoms with E-state index in [1.807, 2.05) is 6.92 Å². The molecule has 0 aliphatic heterocycles. The highest BCUT2D eigenvalue weighted by Gasteiger charge is 2.19. The van der Waals surface area contributed by atoms with Crippen LogP contribution in [0, 0.1) is 5.82 Å². The first-order valence-electron chi connectivity index (χ1n) is 7.67. The Hall–Kier alpha value is -1.47. The monoisotopic (exact) mass is 344 g/mol. The van der Waals surface area contributed by atoms with Crippen molar-refractivity contribution in [1.82, 2.24) is 9.21 Å². The van der Waals surface area contributed by atoms with Crippen LogP contribution in [0.15, 0.2) is 24.3 Å². The summed E-state index contributed by atoms with van der Waals surface area (Å²) in [6.45, 7) is 2.97. The lowest BCUT2D eigenvalue weighted by Crippen LogP contribution is -2.35. The maximum absolute atomic E-state index is 12.9. The Morgan fingerprint density at radius 3 is 2.30 bits per heavy atom. The van der Waals surface area contributed by atoms with Crippen molar-refractivity contribution in [3.63, 3.8) is 0 Å². The van der Waals surface area contributed by atoms with Gasteiger partial charge in [-0.1, -0.05) is 25.5 Å². The van der Waals surface area contributed by atoms with Gasteiger partial charge >= 0.3 is 0 Å². The molecule has 1 aromatic rings. The Morgan fingerprint density at radius 2 is 1.78 bits per heavy atom. The molecular weight excluding hydrogens is 319 g/mol. The summed E-state index contributed by atoms with van der Waals surface area (Å²) < 4.78 is 37.9. The Labute approximate surface area is 138 Å². The Kier molecular flexibility index (Phi) is 7.64. The molecule has 1 rings (SSSR count). The van der Waals surface area contributed by atoms with Gasteiger partial charge in [0.2, 0.25) is 15.9 Å². The molecule has 0 saturated carbocycles. The molecule has 0 N–H and O–H groups in total. The molecule has 7 heteroatoms. The lowest BCUT2D eigenvalue weighted by molar-refractivity contribution is -0.130. The Bertz CT molecular complexity index is 602. The van der Waals surface area contributed by atoms with Crippen molar-refractivity contribution in [1.29, 1.82) is 0 Å². The maximum atomic E-state index is 12.9. The van der Waals surface area contributed by atoms with Gasteiger partial charge in [0.25, 0.3) is 0 Å². The van der Waals surface area contributed by atoms with Gasteiger partial charge in [0.05, 0.1) is 6.26 Å². The number of rotatable bonds is 9. The van der Waals surface area contributed by atoms with Crippen LogP contribution in [-0.2, 0) is 21.4 Å². The van der Waals surface area contributed by atoms with Crippen LogP contribution in [0.1, 0.15) is 31.7 Å². The van der Waals surface area contributed by atoms with Crippen LogP contribution in [0.2, 0.25) is 0 Å². The minimum atomic E-state index is -3.44. The van der Waals surface area contributed by atoms with E-state index in [2.05, 4.69) is 0 Å². The number of halogens is 1. The summed E-state index contributed by atoms with van der Waals surface area (Å²) in [6, 6.07) is 5.67. The summed E-state index contributed by atoms with van der Waals surface area (Å²) in [5.74, 6) is -0.446. The fourth-order valence-electron chi connectivity index (χ4n) is 2.09. The third kappa shape index (κ3) is 7.09. The van der Waals surface area contributed by atoms with Crippen LogP contribution in [0.3, 0.4) is 0 Å². The average molecular weight is 344 g/mol. The molecule has 5 nitrogen and oxygen atoms in total. The highest BCUT2D eigenvalue weighted by Crippen LogP contribution is 2.11. The molecule has 23 heavy (non-hydrogen) atoms. The van der Waals surface area contributed by atoms with Crippen molar-refractivity contribution in [3.8, 4) is 0 Å². The SMILES string of the molecule is CCCCN(C)C(=O)CCN(Cc1ccc(F)cc1)S(C)(=O)=O. The van der Waals surface area contributed by atoms with Crippen molar-refractivity contribution < 1.29 is 17.6 Å². The second kappa shape index (κ2) is 8.98. The van der Waals surface area contributed by atoms with Gasteiger partial charge < -0.3 is 4.90 Å². The lowest BCUT2D eigenvalue weighted by atomic mass is 10.2. The second-order valence-electron chi connectivity index (χ2n) is 5.64. The van der Waals surface area contributed by atoms with Crippen molar-refractivity contribution >= 4 is 15.9 Å². The zero-order valence-corrected chi connectivity index (χ0v) is 14.8. The molecule has 0 aromatic heterocycles. The molecule has 130 valence electrons. The van der Waals surface area contributed by atoms with E-state index in [0.29, 0.717) is 12.1 Å². The Morgan fingerprint density at radius 1 is 1.17 bits per heavy atom. The minimum absolute atomic E-state index is 0.0776. The van der Waals surface area contributed by atoms with Crippen LogP contribution in [0.5, 0.6) is 0 Å². The molecule has 0 aliphatic carbocycles. The van der Waals surface area contributed by atoms with Gasteiger partial charge in [-0.25, -0.2) is 12.8 Å². The molecule has 1 aromatic carbocycles. The predicted molar refractivity (Wildman–Crippen MR) is 88.8 cm³/mol. The fraction of sp³-hybridized carbons (Fsp3) is 0.562. The molecule has 0 radical (unpaired) electrons. The van der Waals surface area contributed by atoms with Gasteiger partial charge in [-0.05, 0) is 24.1 Å². The number of amides is 1. The number of carbonyl (C=O) groups excluding carboxylic acids is 1. The van der Waals surface area contributed by atoms with E-state index in [-0.39, 0.29) is 31.2 Å². The van der Waals surface area contributed by atoms with Gasteiger partial charge in [-0.3, -0.25) is 4.79 Å². The summed E-state index contributed by atoms with van der Waals surface area (Å²) in [7, 11) is -1.72. The minimum Gasteiger partial charge on any atom is -0.346 e. The zero-order chi connectivity index (χ0) is 17.5. The molecule has 0 bridgehead atoms. The molecule has 0 saturated heterocycles. The first-order valence-corrected chi connectivity index (χ1v) is 9.52. The number of carbonyl (C=O) groups is 1. The number of hydrogen-bond donors (Lipinski definition) is 0. The second-order valence-corrected chi connectivity index (χ2v) is 7.62. The van der Waals surface area contributed by atoms with E-state index in [0.717, 1.165) is 19.1 Å². The predicted octanol–water partition coefficient (Wildman–Crippen LogP) is 2.24. The Balaban J connectivity index is 2.66. The zero-order valence-electron chi connectivity index (χ0n) is 14.0. The van der Waals surface area contributed by atoms with E-state index in [1.54, 1.807) is 24.1 Å². The summed E-state index contributed by atoms with van der Waals surface area (Å²) >= 11 is 0. The highest BCUT2D eigenvalue weighted by atomic mass is 32.2. The number of benzene rings is 1.